The van der Waals surface area contributed by atoms with Crippen LogP contribution in [0.1, 0.15) is 25.0 Å². The Morgan fingerprint density at radius 3 is 2.58 bits per heavy atom. The number of methoxy groups -OCH3 is 1. The molecule has 2 atom stereocenters. The van der Waals surface area contributed by atoms with E-state index in [4.69, 9.17) is 10.5 Å². The number of ether oxygens (including phenoxy) is 1. The molecule has 1 aromatic rings. The molecule has 1 amide bonds. The van der Waals surface area contributed by atoms with Gasteiger partial charge >= 0.3 is 0 Å². The van der Waals surface area contributed by atoms with Gasteiger partial charge in [-0.25, -0.2) is 0 Å². The number of nitrogens with two attached hydrogens (primary N) is 1. The summed E-state index contributed by atoms with van der Waals surface area (Å²) in [5.41, 5.74) is 7.86. The summed E-state index contributed by atoms with van der Waals surface area (Å²) in [7, 11) is 1.67. The van der Waals surface area contributed by atoms with Gasteiger partial charge in [-0.2, -0.15) is 0 Å². The van der Waals surface area contributed by atoms with Crippen LogP contribution in [0.15, 0.2) is 24.3 Å². The molecule has 3 N–H and O–H groups in total. The number of rotatable bonds is 6. The molecule has 0 radical (unpaired) electrons. The predicted octanol–water partition coefficient (Wildman–Crippen LogP) is 1.85. The molecule has 0 saturated heterocycles. The van der Waals surface area contributed by atoms with Gasteiger partial charge in [-0.05, 0) is 18.1 Å². The van der Waals surface area contributed by atoms with E-state index in [0.29, 0.717) is 13.2 Å². The van der Waals surface area contributed by atoms with Crippen molar-refractivity contribution in [3.63, 3.8) is 0 Å². The Hall–Kier alpha value is -1.10. The van der Waals surface area contributed by atoms with Gasteiger partial charge in [0.25, 0.3) is 0 Å². The van der Waals surface area contributed by atoms with Gasteiger partial charge in [0.15, 0.2) is 0 Å². The zero-order chi connectivity index (χ0) is 13.5. The van der Waals surface area contributed by atoms with Crippen LogP contribution in [-0.2, 0) is 22.7 Å². The van der Waals surface area contributed by atoms with E-state index in [2.05, 4.69) is 5.32 Å². The summed E-state index contributed by atoms with van der Waals surface area (Å²) >= 11 is 0. The summed E-state index contributed by atoms with van der Waals surface area (Å²) in [5.74, 6) is -0.186. The molecule has 1 rings (SSSR count). The van der Waals surface area contributed by atoms with Crippen LogP contribution in [-0.4, -0.2) is 19.1 Å². The fourth-order valence-electron chi connectivity index (χ4n) is 1.59. The number of benzene rings is 1. The number of carbonyl (C=O) groups is 1. The number of carbonyl (C=O) groups excluding carboxylic acids is 1. The van der Waals surface area contributed by atoms with Crippen molar-refractivity contribution < 1.29 is 9.53 Å². The average molecular weight is 287 g/mol. The summed E-state index contributed by atoms with van der Waals surface area (Å²) in [6.45, 7) is 4.77. The van der Waals surface area contributed by atoms with E-state index in [9.17, 15) is 4.79 Å². The van der Waals surface area contributed by atoms with Crippen molar-refractivity contribution in [2.24, 2.45) is 11.7 Å². The van der Waals surface area contributed by atoms with Crippen LogP contribution in [0.4, 0.5) is 0 Å². The molecule has 0 aliphatic carbocycles. The fraction of sp³-hybridized carbons (Fsp3) is 0.500. The highest BCUT2D eigenvalue weighted by atomic mass is 35.5. The zero-order valence-corrected chi connectivity index (χ0v) is 12.5. The van der Waals surface area contributed by atoms with Crippen LogP contribution >= 0.6 is 12.4 Å². The quantitative estimate of drug-likeness (QED) is 0.839. The standard InChI is InChI=1S/C14H22N2O2.ClH/c1-10(11(2)15)14(17)16-8-12-5-4-6-13(7-12)9-18-3;/h4-7,10-11H,8-9,15H2,1-3H3,(H,16,17);1H. The van der Waals surface area contributed by atoms with Gasteiger partial charge in [0, 0.05) is 25.6 Å². The third kappa shape index (κ3) is 6.05. The van der Waals surface area contributed by atoms with Gasteiger partial charge in [-0.1, -0.05) is 31.2 Å². The van der Waals surface area contributed by atoms with Crippen LogP contribution in [0.2, 0.25) is 0 Å². The minimum absolute atomic E-state index is 0. The first-order chi connectivity index (χ1) is 8.54. The highest BCUT2D eigenvalue weighted by Gasteiger charge is 2.16. The molecule has 0 aliphatic heterocycles. The number of amides is 1. The Bertz CT molecular complexity index is 397. The van der Waals surface area contributed by atoms with E-state index in [1.165, 1.54) is 0 Å². The average Bonchev–Trinajstić information content (AvgIpc) is 2.36. The van der Waals surface area contributed by atoms with Gasteiger partial charge in [-0.15, -0.1) is 12.4 Å². The smallest absolute Gasteiger partial charge is 0.224 e. The molecule has 19 heavy (non-hydrogen) atoms. The number of hydrogen-bond donors (Lipinski definition) is 2. The Morgan fingerprint density at radius 1 is 1.37 bits per heavy atom. The lowest BCUT2D eigenvalue weighted by Gasteiger charge is -2.15. The van der Waals surface area contributed by atoms with E-state index in [0.717, 1.165) is 11.1 Å². The van der Waals surface area contributed by atoms with E-state index in [-0.39, 0.29) is 30.3 Å². The second-order valence-electron chi connectivity index (χ2n) is 4.62. The zero-order valence-electron chi connectivity index (χ0n) is 11.7. The monoisotopic (exact) mass is 286 g/mol. The summed E-state index contributed by atoms with van der Waals surface area (Å²) < 4.78 is 5.07. The van der Waals surface area contributed by atoms with Gasteiger partial charge in [0.1, 0.15) is 0 Å². The van der Waals surface area contributed by atoms with Crippen LogP contribution in [0, 0.1) is 5.92 Å². The van der Waals surface area contributed by atoms with Crippen LogP contribution in [0.5, 0.6) is 0 Å². The Balaban J connectivity index is 0.00000324. The Labute approximate surface area is 121 Å². The number of halogens is 1. The van der Waals surface area contributed by atoms with Gasteiger partial charge < -0.3 is 15.8 Å². The maximum atomic E-state index is 11.8. The molecule has 0 saturated carbocycles. The SMILES string of the molecule is COCc1cccc(CNC(=O)C(C)C(C)N)c1.Cl. The number of nitrogens with one attached hydrogen (secondary N) is 1. The highest BCUT2D eigenvalue weighted by Crippen LogP contribution is 2.07. The molecule has 0 spiro atoms. The molecule has 5 heteroatoms. The van der Waals surface area contributed by atoms with Crippen LogP contribution < -0.4 is 11.1 Å². The largest absolute Gasteiger partial charge is 0.380 e. The summed E-state index contributed by atoms with van der Waals surface area (Å²) in [6, 6.07) is 7.84. The summed E-state index contributed by atoms with van der Waals surface area (Å²) in [6.07, 6.45) is 0. The lowest BCUT2D eigenvalue weighted by atomic mass is 10.0. The first kappa shape index (κ1) is 17.9. The van der Waals surface area contributed by atoms with E-state index in [1.807, 2.05) is 38.1 Å². The third-order valence-electron chi connectivity index (χ3n) is 2.97. The topological polar surface area (TPSA) is 64.3 Å². The van der Waals surface area contributed by atoms with Crippen LogP contribution in [0.25, 0.3) is 0 Å². The predicted molar refractivity (Wildman–Crippen MR) is 79.1 cm³/mol. The summed E-state index contributed by atoms with van der Waals surface area (Å²) in [5, 5.41) is 2.89. The minimum atomic E-state index is -0.174. The molecule has 0 heterocycles. The maximum Gasteiger partial charge on any atom is 0.224 e. The Kier molecular flexibility index (Phi) is 8.39. The van der Waals surface area contributed by atoms with E-state index < -0.39 is 0 Å². The molecule has 0 fully saturated rings. The van der Waals surface area contributed by atoms with Crippen molar-refractivity contribution in [1.29, 1.82) is 0 Å². The molecule has 0 aliphatic rings. The van der Waals surface area contributed by atoms with Crippen molar-refractivity contribution in [1.82, 2.24) is 5.32 Å². The Morgan fingerprint density at radius 2 is 2.00 bits per heavy atom. The van der Waals surface area contributed by atoms with Crippen molar-refractivity contribution in [3.8, 4) is 0 Å². The van der Waals surface area contributed by atoms with Crippen LogP contribution in [0.3, 0.4) is 0 Å². The van der Waals surface area contributed by atoms with Crippen molar-refractivity contribution in [3.05, 3.63) is 35.4 Å². The second-order valence-corrected chi connectivity index (χ2v) is 4.62. The molecule has 2 unspecified atom stereocenters. The first-order valence-electron chi connectivity index (χ1n) is 6.14. The molecule has 108 valence electrons. The minimum Gasteiger partial charge on any atom is -0.380 e. The molecule has 0 aromatic heterocycles. The normalized spacial score (nSPS) is 13.3. The van der Waals surface area contributed by atoms with Gasteiger partial charge in [0.2, 0.25) is 5.91 Å². The molecule has 1 aromatic carbocycles. The lowest BCUT2D eigenvalue weighted by Crippen LogP contribution is -2.38. The number of hydrogen-bond acceptors (Lipinski definition) is 3. The van der Waals surface area contributed by atoms with E-state index >= 15 is 0 Å². The van der Waals surface area contributed by atoms with E-state index in [1.54, 1.807) is 7.11 Å². The molecule has 0 bridgehead atoms. The van der Waals surface area contributed by atoms with Crippen molar-refractivity contribution >= 4 is 18.3 Å². The fourth-order valence-corrected chi connectivity index (χ4v) is 1.59. The van der Waals surface area contributed by atoms with Gasteiger partial charge in [0.05, 0.1) is 6.61 Å². The molecule has 4 nitrogen and oxygen atoms in total. The third-order valence-corrected chi connectivity index (χ3v) is 2.97. The summed E-state index contributed by atoms with van der Waals surface area (Å²) in [4.78, 5) is 11.8. The molecular weight excluding hydrogens is 264 g/mol. The highest BCUT2D eigenvalue weighted by molar-refractivity contribution is 5.85. The molecular formula is C14H23ClN2O2. The van der Waals surface area contributed by atoms with Crippen molar-refractivity contribution in [2.75, 3.05) is 7.11 Å². The lowest BCUT2D eigenvalue weighted by molar-refractivity contribution is -0.125. The maximum absolute atomic E-state index is 11.8. The van der Waals surface area contributed by atoms with Crippen molar-refractivity contribution in [2.45, 2.75) is 33.0 Å². The second kappa shape index (κ2) is 8.91. The van der Waals surface area contributed by atoms with Gasteiger partial charge in [-0.3, -0.25) is 4.79 Å². The first-order valence-corrected chi connectivity index (χ1v) is 6.14.